The van der Waals surface area contributed by atoms with Crippen LogP contribution in [0.2, 0.25) is 0 Å². The molecule has 94 valence electrons. The Morgan fingerprint density at radius 3 is 3.12 bits per heavy atom. The number of nitrogens with zero attached hydrogens (tertiary/aromatic N) is 1. The largest absolute Gasteiger partial charge is 0.378 e. The van der Waals surface area contributed by atoms with Gasteiger partial charge in [-0.15, -0.1) is 0 Å². The number of aromatic nitrogens is 1. The summed E-state index contributed by atoms with van der Waals surface area (Å²) in [6, 6.07) is 2.03. The number of pyridine rings is 1. The van der Waals surface area contributed by atoms with Gasteiger partial charge in [0.2, 0.25) is 0 Å². The van der Waals surface area contributed by atoms with Gasteiger partial charge in [0, 0.05) is 45.6 Å². The Kier molecular flexibility index (Phi) is 4.10. The average molecular weight is 236 g/mol. The third-order valence-electron chi connectivity index (χ3n) is 3.41. The van der Waals surface area contributed by atoms with Gasteiger partial charge in [-0.1, -0.05) is 0 Å². The summed E-state index contributed by atoms with van der Waals surface area (Å²) in [5.74, 6) is 0. The fourth-order valence-corrected chi connectivity index (χ4v) is 2.07. The molecule has 1 N–H and O–H groups in total. The number of hydrogen-bond donors (Lipinski definition) is 1. The molecule has 1 aliphatic rings. The molecule has 2 rings (SSSR count). The molecule has 0 amide bonds. The lowest BCUT2D eigenvalue weighted by atomic mass is 10.0. The summed E-state index contributed by atoms with van der Waals surface area (Å²) in [5.41, 5.74) is 2.36. The average Bonchev–Trinajstić information content (AvgIpc) is 2.81. The summed E-state index contributed by atoms with van der Waals surface area (Å²) < 4.78 is 11.0. The second kappa shape index (κ2) is 5.58. The van der Waals surface area contributed by atoms with Crippen LogP contribution in [-0.4, -0.2) is 37.5 Å². The van der Waals surface area contributed by atoms with Crippen LogP contribution in [0.25, 0.3) is 0 Å². The van der Waals surface area contributed by atoms with Crippen molar-refractivity contribution in [1.29, 1.82) is 0 Å². The van der Waals surface area contributed by atoms with Crippen molar-refractivity contribution in [3.8, 4) is 0 Å². The second-order valence-corrected chi connectivity index (χ2v) is 4.60. The molecule has 1 unspecified atom stereocenters. The zero-order valence-electron chi connectivity index (χ0n) is 10.5. The van der Waals surface area contributed by atoms with Crippen LogP contribution in [0.5, 0.6) is 0 Å². The first-order valence-corrected chi connectivity index (χ1v) is 5.99. The molecule has 0 aliphatic carbocycles. The van der Waals surface area contributed by atoms with E-state index >= 15 is 0 Å². The molecule has 0 bridgehead atoms. The summed E-state index contributed by atoms with van der Waals surface area (Å²) >= 11 is 0. The SMILES string of the molecule is COC1(CNCc2cnccc2C)CCOC1. The van der Waals surface area contributed by atoms with E-state index in [9.17, 15) is 0 Å². The number of ether oxygens (including phenoxy) is 2. The molecule has 1 atom stereocenters. The van der Waals surface area contributed by atoms with Gasteiger partial charge in [-0.25, -0.2) is 0 Å². The number of nitrogens with one attached hydrogen (secondary N) is 1. The molecule has 0 spiro atoms. The van der Waals surface area contributed by atoms with Crippen LogP contribution in [0, 0.1) is 6.92 Å². The predicted octanol–water partition coefficient (Wildman–Crippen LogP) is 1.29. The normalized spacial score (nSPS) is 24.1. The third-order valence-corrected chi connectivity index (χ3v) is 3.41. The molecule has 0 aromatic carbocycles. The Morgan fingerprint density at radius 1 is 1.59 bits per heavy atom. The van der Waals surface area contributed by atoms with E-state index in [1.807, 2.05) is 18.5 Å². The zero-order valence-corrected chi connectivity index (χ0v) is 10.5. The van der Waals surface area contributed by atoms with Crippen molar-refractivity contribution in [1.82, 2.24) is 10.3 Å². The highest BCUT2D eigenvalue weighted by Crippen LogP contribution is 2.21. The van der Waals surface area contributed by atoms with Crippen molar-refractivity contribution >= 4 is 0 Å². The summed E-state index contributed by atoms with van der Waals surface area (Å²) in [5, 5.41) is 3.43. The molecule has 0 radical (unpaired) electrons. The molecule has 0 saturated carbocycles. The predicted molar refractivity (Wildman–Crippen MR) is 65.9 cm³/mol. The number of hydrogen-bond acceptors (Lipinski definition) is 4. The van der Waals surface area contributed by atoms with Gasteiger partial charge in [-0.2, -0.15) is 0 Å². The Hall–Kier alpha value is -0.970. The molecule has 4 heteroatoms. The van der Waals surface area contributed by atoms with Gasteiger partial charge >= 0.3 is 0 Å². The van der Waals surface area contributed by atoms with Gasteiger partial charge in [-0.3, -0.25) is 4.98 Å². The Bertz CT molecular complexity index is 362. The van der Waals surface area contributed by atoms with E-state index in [1.54, 1.807) is 7.11 Å². The highest BCUT2D eigenvalue weighted by molar-refractivity contribution is 5.21. The van der Waals surface area contributed by atoms with Gasteiger partial charge < -0.3 is 14.8 Å². The van der Waals surface area contributed by atoms with Crippen molar-refractivity contribution in [2.24, 2.45) is 0 Å². The van der Waals surface area contributed by atoms with Crippen LogP contribution < -0.4 is 5.32 Å². The minimum atomic E-state index is -0.143. The highest BCUT2D eigenvalue weighted by atomic mass is 16.5. The highest BCUT2D eigenvalue weighted by Gasteiger charge is 2.34. The van der Waals surface area contributed by atoms with E-state index in [0.717, 1.165) is 26.1 Å². The molecular formula is C13H20N2O2. The van der Waals surface area contributed by atoms with Crippen LogP contribution in [0.3, 0.4) is 0 Å². The number of aryl methyl sites for hydroxylation is 1. The van der Waals surface area contributed by atoms with Crippen LogP contribution in [0.15, 0.2) is 18.5 Å². The molecule has 4 nitrogen and oxygen atoms in total. The van der Waals surface area contributed by atoms with Crippen LogP contribution in [-0.2, 0) is 16.0 Å². The number of rotatable bonds is 5. The minimum absolute atomic E-state index is 0.143. The lowest BCUT2D eigenvalue weighted by molar-refractivity contribution is -0.0159. The van der Waals surface area contributed by atoms with Gasteiger partial charge in [0.05, 0.1) is 6.61 Å². The van der Waals surface area contributed by atoms with E-state index in [2.05, 4.69) is 17.2 Å². The van der Waals surface area contributed by atoms with Gasteiger partial charge in [-0.05, 0) is 24.1 Å². The first kappa shape index (κ1) is 12.5. The molecule has 1 fully saturated rings. The van der Waals surface area contributed by atoms with E-state index in [-0.39, 0.29) is 5.60 Å². The maximum Gasteiger partial charge on any atom is 0.106 e. The summed E-state index contributed by atoms with van der Waals surface area (Å²) in [6.07, 6.45) is 4.69. The van der Waals surface area contributed by atoms with E-state index in [1.165, 1.54) is 11.1 Å². The smallest absolute Gasteiger partial charge is 0.106 e. The summed E-state index contributed by atoms with van der Waals surface area (Å²) in [6.45, 7) is 5.22. The standard InChI is InChI=1S/C13H20N2O2/c1-11-3-5-14-7-12(11)8-15-9-13(16-2)4-6-17-10-13/h3,5,7,15H,4,6,8-10H2,1-2H3. The first-order valence-electron chi connectivity index (χ1n) is 5.99. The third kappa shape index (κ3) is 3.03. The summed E-state index contributed by atoms with van der Waals surface area (Å²) in [7, 11) is 1.76. The van der Waals surface area contributed by atoms with Crippen molar-refractivity contribution in [2.75, 3.05) is 26.9 Å². The van der Waals surface area contributed by atoms with Crippen LogP contribution in [0.4, 0.5) is 0 Å². The summed E-state index contributed by atoms with van der Waals surface area (Å²) in [4.78, 5) is 4.14. The molecule has 1 aromatic rings. The van der Waals surface area contributed by atoms with Crippen LogP contribution in [0.1, 0.15) is 17.5 Å². The quantitative estimate of drug-likeness (QED) is 0.836. The number of methoxy groups -OCH3 is 1. The van der Waals surface area contributed by atoms with E-state index < -0.39 is 0 Å². The Morgan fingerprint density at radius 2 is 2.47 bits per heavy atom. The van der Waals surface area contributed by atoms with Crippen molar-refractivity contribution in [3.05, 3.63) is 29.6 Å². The van der Waals surface area contributed by atoms with Crippen molar-refractivity contribution in [3.63, 3.8) is 0 Å². The molecular weight excluding hydrogens is 216 g/mol. The minimum Gasteiger partial charge on any atom is -0.378 e. The zero-order chi connectivity index (χ0) is 12.1. The first-order chi connectivity index (χ1) is 8.26. The van der Waals surface area contributed by atoms with Gasteiger partial charge in [0.1, 0.15) is 5.60 Å². The van der Waals surface area contributed by atoms with E-state index in [0.29, 0.717) is 6.61 Å². The lowest BCUT2D eigenvalue weighted by Crippen LogP contribution is -2.42. The lowest BCUT2D eigenvalue weighted by Gasteiger charge is -2.26. The van der Waals surface area contributed by atoms with Crippen molar-refractivity contribution in [2.45, 2.75) is 25.5 Å². The van der Waals surface area contributed by atoms with Crippen LogP contribution >= 0.6 is 0 Å². The monoisotopic (exact) mass is 236 g/mol. The fourth-order valence-electron chi connectivity index (χ4n) is 2.07. The topological polar surface area (TPSA) is 43.4 Å². The van der Waals surface area contributed by atoms with Gasteiger partial charge in [0.15, 0.2) is 0 Å². The van der Waals surface area contributed by atoms with Crippen molar-refractivity contribution < 1.29 is 9.47 Å². The fraction of sp³-hybridized carbons (Fsp3) is 0.615. The molecule has 17 heavy (non-hydrogen) atoms. The molecule has 1 aromatic heterocycles. The molecule has 1 saturated heterocycles. The maximum atomic E-state index is 5.56. The second-order valence-electron chi connectivity index (χ2n) is 4.60. The molecule has 1 aliphatic heterocycles. The Labute approximate surface area is 102 Å². The molecule has 2 heterocycles. The Balaban J connectivity index is 1.85. The van der Waals surface area contributed by atoms with Gasteiger partial charge in [0.25, 0.3) is 0 Å². The van der Waals surface area contributed by atoms with E-state index in [4.69, 9.17) is 9.47 Å². The maximum absolute atomic E-state index is 5.56.